The Morgan fingerprint density at radius 3 is 2.79 bits per heavy atom. The summed E-state index contributed by atoms with van der Waals surface area (Å²) < 4.78 is 0. The second-order valence-corrected chi connectivity index (χ2v) is 5.24. The number of rotatable bonds is 6. The molecule has 0 radical (unpaired) electrons. The lowest BCUT2D eigenvalue weighted by Crippen LogP contribution is -2.28. The number of nitrogens with one attached hydrogen (secondary N) is 1. The second-order valence-electron chi connectivity index (χ2n) is 5.24. The monoisotopic (exact) mass is 261 g/mol. The molecule has 0 bridgehead atoms. The molecule has 0 atom stereocenters. The largest absolute Gasteiger partial charge is 0.397 e. The van der Waals surface area contributed by atoms with Gasteiger partial charge >= 0.3 is 0 Å². The van der Waals surface area contributed by atoms with Gasteiger partial charge in [-0.3, -0.25) is 4.79 Å². The molecule has 19 heavy (non-hydrogen) atoms. The molecule has 1 aromatic rings. The average Bonchev–Trinajstić information content (AvgIpc) is 3.22. The highest BCUT2D eigenvalue weighted by atomic mass is 16.1. The van der Waals surface area contributed by atoms with E-state index in [-0.39, 0.29) is 5.91 Å². The van der Waals surface area contributed by atoms with Gasteiger partial charge in [0, 0.05) is 25.7 Å². The molecule has 4 heteroatoms. The summed E-state index contributed by atoms with van der Waals surface area (Å²) in [7, 11) is 1.65. The summed E-state index contributed by atoms with van der Waals surface area (Å²) in [5.74, 6) is 0.735. The van der Waals surface area contributed by atoms with E-state index in [2.05, 4.69) is 17.1 Å². The van der Waals surface area contributed by atoms with Crippen molar-refractivity contribution >= 4 is 17.3 Å². The molecule has 0 unspecified atom stereocenters. The van der Waals surface area contributed by atoms with Crippen molar-refractivity contribution in [3.05, 3.63) is 23.8 Å². The Hall–Kier alpha value is -1.71. The lowest BCUT2D eigenvalue weighted by molar-refractivity contribution is 0.0963. The molecular formula is C15H23N3O. The fourth-order valence-corrected chi connectivity index (χ4v) is 2.30. The van der Waals surface area contributed by atoms with Gasteiger partial charge < -0.3 is 16.0 Å². The number of carbonyl (C=O) groups is 1. The molecule has 1 aliphatic rings. The van der Waals surface area contributed by atoms with Crippen LogP contribution in [-0.2, 0) is 0 Å². The molecule has 1 saturated carbocycles. The van der Waals surface area contributed by atoms with E-state index in [1.54, 1.807) is 13.1 Å². The minimum absolute atomic E-state index is 0.0656. The molecular weight excluding hydrogens is 238 g/mol. The molecule has 4 nitrogen and oxygen atoms in total. The third-order valence-corrected chi connectivity index (χ3v) is 3.53. The van der Waals surface area contributed by atoms with E-state index in [1.165, 1.54) is 12.8 Å². The van der Waals surface area contributed by atoms with Crippen molar-refractivity contribution in [3.8, 4) is 0 Å². The predicted molar refractivity (Wildman–Crippen MR) is 79.5 cm³/mol. The highest BCUT2D eigenvalue weighted by molar-refractivity contribution is 5.96. The smallest absolute Gasteiger partial charge is 0.251 e. The summed E-state index contributed by atoms with van der Waals surface area (Å²) in [5, 5.41) is 2.65. The van der Waals surface area contributed by atoms with E-state index in [4.69, 9.17) is 5.73 Å². The van der Waals surface area contributed by atoms with Gasteiger partial charge in [-0.05, 0) is 43.4 Å². The molecule has 1 aromatic carbocycles. The molecule has 0 spiro atoms. The molecule has 0 heterocycles. The maximum Gasteiger partial charge on any atom is 0.251 e. The molecule has 0 aliphatic heterocycles. The van der Waals surface area contributed by atoms with Gasteiger partial charge in [0.1, 0.15) is 0 Å². The summed E-state index contributed by atoms with van der Waals surface area (Å²) in [6.45, 7) is 4.20. The van der Waals surface area contributed by atoms with E-state index >= 15 is 0 Å². The Labute approximate surface area is 115 Å². The van der Waals surface area contributed by atoms with Crippen molar-refractivity contribution in [1.29, 1.82) is 0 Å². The Morgan fingerprint density at radius 2 is 2.21 bits per heavy atom. The second kappa shape index (κ2) is 5.95. The first-order chi connectivity index (χ1) is 9.15. The van der Waals surface area contributed by atoms with Crippen molar-refractivity contribution in [2.75, 3.05) is 30.8 Å². The molecule has 0 aromatic heterocycles. The maximum atomic E-state index is 11.7. The first-order valence-electron chi connectivity index (χ1n) is 7.02. The zero-order valence-electron chi connectivity index (χ0n) is 11.8. The quantitative estimate of drug-likeness (QED) is 0.772. The molecule has 104 valence electrons. The van der Waals surface area contributed by atoms with Crippen LogP contribution in [0.15, 0.2) is 18.2 Å². The van der Waals surface area contributed by atoms with Crippen LogP contribution < -0.4 is 16.0 Å². The Bertz CT molecular complexity index is 455. The van der Waals surface area contributed by atoms with Gasteiger partial charge in [-0.2, -0.15) is 0 Å². The highest BCUT2D eigenvalue weighted by Gasteiger charge is 2.25. The topological polar surface area (TPSA) is 58.4 Å². The van der Waals surface area contributed by atoms with Crippen LogP contribution in [0.5, 0.6) is 0 Å². The van der Waals surface area contributed by atoms with Crippen LogP contribution in [-0.4, -0.2) is 26.0 Å². The first kappa shape index (κ1) is 13.7. The van der Waals surface area contributed by atoms with Crippen molar-refractivity contribution in [2.24, 2.45) is 5.92 Å². The van der Waals surface area contributed by atoms with Gasteiger partial charge in [-0.15, -0.1) is 0 Å². The Kier molecular flexibility index (Phi) is 4.30. The third-order valence-electron chi connectivity index (χ3n) is 3.53. The molecule has 0 saturated heterocycles. The number of anilines is 2. The average molecular weight is 261 g/mol. The van der Waals surface area contributed by atoms with Crippen LogP contribution in [0.3, 0.4) is 0 Å². The fourth-order valence-electron chi connectivity index (χ4n) is 2.30. The number of nitrogens with two attached hydrogens (primary N) is 1. The molecule has 2 rings (SSSR count). The van der Waals surface area contributed by atoms with Crippen LogP contribution >= 0.6 is 0 Å². The molecule has 1 amide bonds. The highest BCUT2D eigenvalue weighted by Crippen LogP contribution is 2.33. The number of nitrogen functional groups attached to an aromatic ring is 1. The Morgan fingerprint density at radius 1 is 1.47 bits per heavy atom. The first-order valence-corrected chi connectivity index (χ1v) is 7.02. The number of amides is 1. The zero-order chi connectivity index (χ0) is 13.8. The van der Waals surface area contributed by atoms with Crippen molar-refractivity contribution in [3.63, 3.8) is 0 Å². The van der Waals surface area contributed by atoms with Crippen LogP contribution in [0.2, 0.25) is 0 Å². The van der Waals surface area contributed by atoms with Crippen LogP contribution in [0.25, 0.3) is 0 Å². The van der Waals surface area contributed by atoms with Crippen LogP contribution in [0.1, 0.15) is 36.5 Å². The van der Waals surface area contributed by atoms with E-state index in [1.807, 2.05) is 12.1 Å². The lowest BCUT2D eigenvalue weighted by atomic mass is 10.1. The van der Waals surface area contributed by atoms with E-state index in [0.717, 1.165) is 36.8 Å². The summed E-state index contributed by atoms with van der Waals surface area (Å²) in [5.41, 5.74) is 8.50. The minimum atomic E-state index is -0.0656. The van der Waals surface area contributed by atoms with Crippen LogP contribution in [0.4, 0.5) is 11.4 Å². The minimum Gasteiger partial charge on any atom is -0.397 e. The normalized spacial score (nSPS) is 14.2. The number of hydrogen-bond donors (Lipinski definition) is 2. The van der Waals surface area contributed by atoms with Gasteiger partial charge in [0.15, 0.2) is 0 Å². The maximum absolute atomic E-state index is 11.7. The number of hydrogen-bond acceptors (Lipinski definition) is 3. The van der Waals surface area contributed by atoms with Crippen molar-refractivity contribution < 1.29 is 4.79 Å². The van der Waals surface area contributed by atoms with Gasteiger partial charge in [0.25, 0.3) is 5.91 Å². The van der Waals surface area contributed by atoms with Crippen LogP contribution in [0, 0.1) is 5.92 Å². The van der Waals surface area contributed by atoms with Gasteiger partial charge in [-0.1, -0.05) is 6.92 Å². The lowest BCUT2D eigenvalue weighted by Gasteiger charge is -2.26. The van der Waals surface area contributed by atoms with E-state index in [9.17, 15) is 4.79 Å². The third kappa shape index (κ3) is 3.40. The number of nitrogens with zero attached hydrogens (tertiary/aromatic N) is 1. The SMILES string of the molecule is CCCN(CC1CC1)c1cc(C(=O)NC)ccc1N. The van der Waals surface area contributed by atoms with E-state index < -0.39 is 0 Å². The summed E-state index contributed by atoms with van der Waals surface area (Å²) in [4.78, 5) is 14.0. The summed E-state index contributed by atoms with van der Waals surface area (Å²) in [6.07, 6.45) is 3.71. The van der Waals surface area contributed by atoms with Crippen molar-refractivity contribution in [2.45, 2.75) is 26.2 Å². The van der Waals surface area contributed by atoms with Gasteiger partial charge in [0.2, 0.25) is 0 Å². The van der Waals surface area contributed by atoms with Gasteiger partial charge in [0.05, 0.1) is 11.4 Å². The predicted octanol–water partition coefficient (Wildman–Crippen LogP) is 2.25. The van der Waals surface area contributed by atoms with E-state index in [0.29, 0.717) is 5.56 Å². The van der Waals surface area contributed by atoms with Crippen molar-refractivity contribution in [1.82, 2.24) is 5.32 Å². The standard InChI is InChI=1S/C15H23N3O/c1-3-8-18(10-11-4-5-11)14-9-12(15(19)17-2)6-7-13(14)16/h6-7,9,11H,3-5,8,10,16H2,1-2H3,(H,17,19). The Balaban J connectivity index is 2.25. The zero-order valence-corrected chi connectivity index (χ0v) is 11.8. The number of carbonyl (C=O) groups excluding carboxylic acids is 1. The molecule has 1 fully saturated rings. The van der Waals surface area contributed by atoms with Gasteiger partial charge in [-0.25, -0.2) is 0 Å². The molecule has 3 N–H and O–H groups in total. The fraction of sp³-hybridized carbons (Fsp3) is 0.533. The number of benzene rings is 1. The summed E-state index contributed by atoms with van der Waals surface area (Å²) in [6, 6.07) is 5.51. The molecule has 1 aliphatic carbocycles. The summed E-state index contributed by atoms with van der Waals surface area (Å²) >= 11 is 0.